The van der Waals surface area contributed by atoms with Gasteiger partial charge < -0.3 is 4.90 Å². The molecule has 1 nitrogen and oxygen atoms in total. The molecule has 0 aromatic carbocycles. The van der Waals surface area contributed by atoms with E-state index in [0.717, 1.165) is 12.5 Å². The predicted molar refractivity (Wildman–Crippen MR) is 79.5 cm³/mol. The summed E-state index contributed by atoms with van der Waals surface area (Å²) in [6.07, 6.45) is 15.7. The van der Waals surface area contributed by atoms with E-state index in [4.69, 9.17) is 0 Å². The van der Waals surface area contributed by atoms with Crippen molar-refractivity contribution < 1.29 is 0 Å². The van der Waals surface area contributed by atoms with Crippen molar-refractivity contribution in [2.45, 2.75) is 77.2 Å². The maximum absolute atomic E-state index is 3.81. The molecule has 0 spiro atoms. The normalized spacial score (nSPS) is 12.9. The number of unbranched alkanes of at least 4 members (excludes halogenated alkanes) is 6. The Morgan fingerprint density at radius 2 is 1.53 bits per heavy atom. The summed E-state index contributed by atoms with van der Waals surface area (Å²) in [5.41, 5.74) is 0. The minimum absolute atomic E-state index is 0.753. The van der Waals surface area contributed by atoms with Crippen LogP contribution in [-0.2, 0) is 0 Å². The van der Waals surface area contributed by atoms with Crippen LogP contribution in [0.1, 0.15) is 71.1 Å². The van der Waals surface area contributed by atoms with Crippen molar-refractivity contribution in [1.82, 2.24) is 4.90 Å². The first kappa shape index (κ1) is 16.7. The van der Waals surface area contributed by atoms with Crippen molar-refractivity contribution in [2.75, 3.05) is 14.1 Å². The maximum atomic E-state index is 3.81. The fourth-order valence-corrected chi connectivity index (χ4v) is 2.31. The van der Waals surface area contributed by atoms with Crippen molar-refractivity contribution in [3.05, 3.63) is 12.7 Å². The Kier molecular flexibility index (Phi) is 12.0. The molecule has 0 N–H and O–H groups in total. The highest BCUT2D eigenvalue weighted by molar-refractivity contribution is 4.73. The van der Waals surface area contributed by atoms with Crippen LogP contribution in [-0.4, -0.2) is 25.0 Å². The number of allylic oxidation sites excluding steroid dienone is 1. The molecule has 1 unspecified atom stereocenters. The van der Waals surface area contributed by atoms with Gasteiger partial charge in [-0.3, -0.25) is 0 Å². The van der Waals surface area contributed by atoms with Gasteiger partial charge in [0, 0.05) is 6.04 Å². The second kappa shape index (κ2) is 12.2. The molecule has 0 aliphatic rings. The molecular weight excluding hydrogens is 206 g/mol. The Labute approximate surface area is 109 Å². The molecule has 0 aliphatic carbocycles. The van der Waals surface area contributed by atoms with Gasteiger partial charge in [-0.1, -0.05) is 57.9 Å². The lowest BCUT2D eigenvalue weighted by Crippen LogP contribution is -2.27. The van der Waals surface area contributed by atoms with E-state index in [0.29, 0.717) is 0 Å². The van der Waals surface area contributed by atoms with Crippen LogP contribution < -0.4 is 0 Å². The monoisotopic (exact) mass is 239 g/mol. The largest absolute Gasteiger partial charge is 0.306 e. The highest BCUT2D eigenvalue weighted by Crippen LogP contribution is 2.14. The van der Waals surface area contributed by atoms with E-state index in [1.165, 1.54) is 57.8 Å². The van der Waals surface area contributed by atoms with E-state index in [9.17, 15) is 0 Å². The van der Waals surface area contributed by atoms with Gasteiger partial charge >= 0.3 is 0 Å². The minimum Gasteiger partial charge on any atom is -0.306 e. The van der Waals surface area contributed by atoms with Gasteiger partial charge in [-0.05, 0) is 33.4 Å². The molecule has 17 heavy (non-hydrogen) atoms. The van der Waals surface area contributed by atoms with Gasteiger partial charge in [-0.15, -0.1) is 6.58 Å². The lowest BCUT2D eigenvalue weighted by Gasteiger charge is -2.23. The molecule has 0 saturated heterocycles. The van der Waals surface area contributed by atoms with Gasteiger partial charge in [0.05, 0.1) is 0 Å². The van der Waals surface area contributed by atoms with E-state index in [1.54, 1.807) is 0 Å². The third-order valence-corrected chi connectivity index (χ3v) is 3.58. The van der Waals surface area contributed by atoms with Gasteiger partial charge in [0.25, 0.3) is 0 Å². The second-order valence-electron chi connectivity index (χ2n) is 5.39. The van der Waals surface area contributed by atoms with Gasteiger partial charge in [-0.25, -0.2) is 0 Å². The van der Waals surface area contributed by atoms with Crippen LogP contribution in [0.3, 0.4) is 0 Å². The summed E-state index contributed by atoms with van der Waals surface area (Å²) < 4.78 is 0. The molecule has 0 aromatic heterocycles. The summed E-state index contributed by atoms with van der Waals surface area (Å²) >= 11 is 0. The average Bonchev–Trinajstić information content (AvgIpc) is 2.31. The van der Waals surface area contributed by atoms with E-state index < -0.39 is 0 Å². The molecule has 0 amide bonds. The van der Waals surface area contributed by atoms with Crippen LogP contribution in [0, 0.1) is 0 Å². The second-order valence-corrected chi connectivity index (χ2v) is 5.39. The Morgan fingerprint density at radius 1 is 0.941 bits per heavy atom. The van der Waals surface area contributed by atoms with E-state index in [-0.39, 0.29) is 0 Å². The van der Waals surface area contributed by atoms with Crippen molar-refractivity contribution in [3.8, 4) is 0 Å². The standard InChI is InChI=1S/C16H33N/c1-5-7-9-10-11-12-13-15-16(17(3)4)14-8-6-2/h6,16H,2,5,7-15H2,1,3-4H3. The molecular formula is C16H33N. The Hall–Kier alpha value is -0.300. The van der Waals surface area contributed by atoms with Crippen molar-refractivity contribution in [1.29, 1.82) is 0 Å². The van der Waals surface area contributed by atoms with Gasteiger partial charge in [0.15, 0.2) is 0 Å². The van der Waals surface area contributed by atoms with Crippen molar-refractivity contribution in [3.63, 3.8) is 0 Å². The van der Waals surface area contributed by atoms with Crippen molar-refractivity contribution >= 4 is 0 Å². The van der Waals surface area contributed by atoms with E-state index in [2.05, 4.69) is 32.5 Å². The number of hydrogen-bond acceptors (Lipinski definition) is 1. The van der Waals surface area contributed by atoms with Crippen LogP contribution in [0.15, 0.2) is 12.7 Å². The fourth-order valence-electron chi connectivity index (χ4n) is 2.31. The summed E-state index contributed by atoms with van der Waals surface area (Å²) in [6, 6.07) is 0.753. The molecule has 1 atom stereocenters. The molecule has 0 bridgehead atoms. The highest BCUT2D eigenvalue weighted by Gasteiger charge is 2.09. The first-order valence-electron chi connectivity index (χ1n) is 7.49. The molecule has 0 aliphatic heterocycles. The van der Waals surface area contributed by atoms with Crippen LogP contribution in [0.5, 0.6) is 0 Å². The molecule has 0 heterocycles. The SMILES string of the molecule is C=CCCC(CCCCCCCCC)N(C)C. The topological polar surface area (TPSA) is 3.24 Å². The molecule has 1 heteroatoms. The zero-order valence-corrected chi connectivity index (χ0v) is 12.4. The lowest BCUT2D eigenvalue weighted by atomic mass is 10.0. The Bertz CT molecular complexity index is 163. The number of hydrogen-bond donors (Lipinski definition) is 0. The summed E-state index contributed by atoms with van der Waals surface area (Å²) in [5.74, 6) is 0. The van der Waals surface area contributed by atoms with Gasteiger partial charge in [-0.2, -0.15) is 0 Å². The summed E-state index contributed by atoms with van der Waals surface area (Å²) in [5, 5.41) is 0. The van der Waals surface area contributed by atoms with Crippen LogP contribution >= 0.6 is 0 Å². The van der Waals surface area contributed by atoms with Crippen molar-refractivity contribution in [2.24, 2.45) is 0 Å². The first-order valence-corrected chi connectivity index (χ1v) is 7.49. The molecule has 0 aromatic rings. The Morgan fingerprint density at radius 3 is 2.06 bits per heavy atom. The smallest absolute Gasteiger partial charge is 0.00921 e. The van der Waals surface area contributed by atoms with Gasteiger partial charge in [0.1, 0.15) is 0 Å². The third kappa shape index (κ3) is 10.6. The predicted octanol–water partition coefficient (Wildman–Crippen LogP) is 5.02. The highest BCUT2D eigenvalue weighted by atomic mass is 15.1. The van der Waals surface area contributed by atoms with Crippen LogP contribution in [0.4, 0.5) is 0 Å². The Balaban J connectivity index is 3.44. The molecule has 0 radical (unpaired) electrons. The van der Waals surface area contributed by atoms with Crippen LogP contribution in [0.25, 0.3) is 0 Å². The zero-order chi connectivity index (χ0) is 12.9. The quantitative estimate of drug-likeness (QED) is 0.341. The van der Waals surface area contributed by atoms with E-state index in [1.807, 2.05) is 6.08 Å². The lowest BCUT2D eigenvalue weighted by molar-refractivity contribution is 0.259. The first-order chi connectivity index (χ1) is 8.22. The summed E-state index contributed by atoms with van der Waals surface area (Å²) in [4.78, 5) is 2.38. The van der Waals surface area contributed by atoms with E-state index >= 15 is 0 Å². The molecule has 0 saturated carbocycles. The number of rotatable bonds is 12. The average molecular weight is 239 g/mol. The molecule has 102 valence electrons. The zero-order valence-electron chi connectivity index (χ0n) is 12.4. The summed E-state index contributed by atoms with van der Waals surface area (Å²) in [7, 11) is 4.41. The minimum atomic E-state index is 0.753. The number of nitrogens with zero attached hydrogens (tertiary/aromatic N) is 1. The third-order valence-electron chi connectivity index (χ3n) is 3.58. The van der Waals surface area contributed by atoms with Crippen LogP contribution in [0.2, 0.25) is 0 Å². The fraction of sp³-hybridized carbons (Fsp3) is 0.875. The maximum Gasteiger partial charge on any atom is 0.00921 e. The molecule has 0 rings (SSSR count). The summed E-state index contributed by atoms with van der Waals surface area (Å²) in [6.45, 7) is 6.09. The molecule has 0 fully saturated rings. The van der Waals surface area contributed by atoms with Gasteiger partial charge in [0.2, 0.25) is 0 Å².